The second-order valence-electron chi connectivity index (χ2n) is 7.85. The van der Waals surface area contributed by atoms with Gasteiger partial charge < -0.3 is 9.88 Å². The molecule has 3 nitrogen and oxygen atoms in total. The summed E-state index contributed by atoms with van der Waals surface area (Å²) in [5, 5.41) is 1.22. The van der Waals surface area contributed by atoms with Crippen molar-refractivity contribution < 1.29 is 4.79 Å². The van der Waals surface area contributed by atoms with Crippen molar-refractivity contribution in [3.8, 4) is 0 Å². The van der Waals surface area contributed by atoms with E-state index in [0.717, 1.165) is 22.5 Å². The number of rotatable bonds is 3. The van der Waals surface area contributed by atoms with Gasteiger partial charge in [0.05, 0.1) is 0 Å². The minimum absolute atomic E-state index is 0.226. The van der Waals surface area contributed by atoms with Gasteiger partial charge in [-0.05, 0) is 55.2 Å². The van der Waals surface area contributed by atoms with Crippen molar-refractivity contribution in [2.75, 3.05) is 6.54 Å². The van der Waals surface area contributed by atoms with Gasteiger partial charge in [-0.3, -0.25) is 4.79 Å². The highest BCUT2D eigenvalue weighted by Crippen LogP contribution is 2.37. The lowest BCUT2D eigenvalue weighted by Crippen LogP contribution is -2.49. The molecule has 2 heterocycles. The van der Waals surface area contributed by atoms with Crippen molar-refractivity contribution in [2.45, 2.75) is 63.8 Å². The van der Waals surface area contributed by atoms with Crippen LogP contribution in [-0.2, 0) is 4.79 Å². The number of carbonyl (C=O) groups excluding carboxylic acids is 1. The van der Waals surface area contributed by atoms with Crippen LogP contribution in [0.15, 0.2) is 28.9 Å². The van der Waals surface area contributed by atoms with Gasteiger partial charge in [0.2, 0.25) is 5.91 Å². The molecule has 4 rings (SSSR count). The fraction of sp³-hybridized carbons (Fsp3) is 0.571. The fourth-order valence-electron chi connectivity index (χ4n) is 4.98. The van der Waals surface area contributed by atoms with Gasteiger partial charge >= 0.3 is 0 Å². The van der Waals surface area contributed by atoms with E-state index in [2.05, 4.69) is 51.1 Å². The van der Waals surface area contributed by atoms with Crippen LogP contribution in [0.3, 0.4) is 0 Å². The quantitative estimate of drug-likeness (QED) is 0.711. The summed E-state index contributed by atoms with van der Waals surface area (Å²) in [6.07, 6.45) is 10.4. The van der Waals surface area contributed by atoms with Gasteiger partial charge in [0.15, 0.2) is 0 Å². The Morgan fingerprint density at radius 3 is 2.96 bits per heavy atom. The lowest BCUT2D eigenvalue weighted by atomic mass is 9.78. The number of aromatic nitrogens is 1. The summed E-state index contributed by atoms with van der Waals surface area (Å²) in [7, 11) is 0. The van der Waals surface area contributed by atoms with Gasteiger partial charge in [-0.2, -0.15) is 0 Å². The minimum atomic E-state index is 0.226. The van der Waals surface area contributed by atoms with Crippen molar-refractivity contribution in [2.24, 2.45) is 5.92 Å². The average molecular weight is 403 g/mol. The largest absolute Gasteiger partial charge is 0.361 e. The molecular weight excluding hydrogens is 376 g/mol. The lowest BCUT2D eigenvalue weighted by Gasteiger charge is -2.44. The monoisotopic (exact) mass is 402 g/mol. The Morgan fingerprint density at radius 1 is 1.28 bits per heavy atom. The number of aromatic amines is 1. The number of nitrogens with one attached hydrogen (secondary N) is 1. The summed E-state index contributed by atoms with van der Waals surface area (Å²) in [5.74, 6) is 1.33. The molecule has 1 aromatic heterocycles. The predicted octanol–water partition coefficient (Wildman–Crippen LogP) is 5.61. The van der Waals surface area contributed by atoms with Crippen LogP contribution >= 0.6 is 15.9 Å². The second kappa shape index (κ2) is 7.14. The molecule has 3 unspecified atom stereocenters. The SMILES string of the molecule is CC(CC(=O)N1CCCC2CCCCC21)c1c[nH]c2cccc(Br)c12. The molecule has 2 fully saturated rings. The Labute approximate surface area is 158 Å². The van der Waals surface area contributed by atoms with E-state index in [4.69, 9.17) is 0 Å². The van der Waals surface area contributed by atoms with E-state index in [-0.39, 0.29) is 5.92 Å². The molecule has 3 atom stereocenters. The third-order valence-corrected chi connectivity index (χ3v) is 6.92. The molecule has 1 saturated heterocycles. The summed E-state index contributed by atoms with van der Waals surface area (Å²) in [5.41, 5.74) is 2.38. The molecule has 1 saturated carbocycles. The van der Waals surface area contributed by atoms with Gasteiger partial charge in [0, 0.05) is 40.6 Å². The van der Waals surface area contributed by atoms with Crippen molar-refractivity contribution >= 4 is 32.7 Å². The lowest BCUT2D eigenvalue weighted by molar-refractivity contribution is -0.137. The van der Waals surface area contributed by atoms with Crippen LogP contribution in [0.2, 0.25) is 0 Å². The van der Waals surface area contributed by atoms with Crippen LogP contribution in [0.4, 0.5) is 0 Å². The molecular formula is C21H27BrN2O. The molecule has 0 spiro atoms. The highest BCUT2D eigenvalue weighted by atomic mass is 79.9. The first-order valence-corrected chi connectivity index (χ1v) is 10.5. The molecule has 4 heteroatoms. The smallest absolute Gasteiger partial charge is 0.223 e. The molecule has 1 aliphatic carbocycles. The number of hydrogen-bond donors (Lipinski definition) is 1. The van der Waals surface area contributed by atoms with Gasteiger partial charge in [0.25, 0.3) is 0 Å². The fourth-order valence-corrected chi connectivity index (χ4v) is 5.57. The number of hydrogen-bond acceptors (Lipinski definition) is 1. The summed E-state index contributed by atoms with van der Waals surface area (Å²) in [6, 6.07) is 6.72. The van der Waals surface area contributed by atoms with Crippen LogP contribution in [0.1, 0.15) is 63.4 Å². The Hall–Kier alpha value is -1.29. The Bertz CT molecular complexity index is 766. The van der Waals surface area contributed by atoms with Gasteiger partial charge in [-0.25, -0.2) is 0 Å². The molecule has 1 amide bonds. The van der Waals surface area contributed by atoms with E-state index in [1.54, 1.807) is 0 Å². The highest BCUT2D eigenvalue weighted by Gasteiger charge is 2.36. The van der Waals surface area contributed by atoms with Crippen molar-refractivity contribution in [3.63, 3.8) is 0 Å². The second-order valence-corrected chi connectivity index (χ2v) is 8.71. The molecule has 25 heavy (non-hydrogen) atoms. The maximum Gasteiger partial charge on any atom is 0.223 e. The molecule has 1 aromatic carbocycles. The van der Waals surface area contributed by atoms with Crippen LogP contribution in [-0.4, -0.2) is 28.4 Å². The summed E-state index contributed by atoms with van der Waals surface area (Å²) in [4.78, 5) is 18.7. The normalized spacial score (nSPS) is 25.0. The number of benzene rings is 1. The third-order valence-electron chi connectivity index (χ3n) is 6.26. The van der Waals surface area contributed by atoms with Gasteiger partial charge in [-0.1, -0.05) is 41.8 Å². The predicted molar refractivity (Wildman–Crippen MR) is 106 cm³/mol. The number of fused-ring (bicyclic) bond motifs is 2. The molecule has 1 aliphatic heterocycles. The van der Waals surface area contributed by atoms with E-state index >= 15 is 0 Å². The van der Waals surface area contributed by atoms with Crippen molar-refractivity contribution in [1.82, 2.24) is 9.88 Å². The topological polar surface area (TPSA) is 36.1 Å². The first-order chi connectivity index (χ1) is 12.1. The molecule has 134 valence electrons. The highest BCUT2D eigenvalue weighted by molar-refractivity contribution is 9.10. The Balaban J connectivity index is 1.51. The Kier molecular flexibility index (Phi) is 4.90. The number of piperidine rings is 1. The molecule has 2 aromatic rings. The zero-order valence-electron chi connectivity index (χ0n) is 14.9. The molecule has 0 radical (unpaired) electrons. The molecule has 2 aliphatic rings. The standard InChI is InChI=1S/C21H27BrN2O/c1-14(16-13-23-18-9-4-8-17(22)21(16)18)12-20(25)24-11-5-7-15-6-2-3-10-19(15)24/h4,8-9,13-15,19,23H,2-3,5-7,10-12H2,1H3. The van der Waals surface area contributed by atoms with E-state index in [9.17, 15) is 4.79 Å². The van der Waals surface area contributed by atoms with Crippen LogP contribution in [0.25, 0.3) is 10.9 Å². The summed E-state index contributed by atoms with van der Waals surface area (Å²) < 4.78 is 1.10. The zero-order valence-corrected chi connectivity index (χ0v) is 16.5. The van der Waals surface area contributed by atoms with Gasteiger partial charge in [-0.15, -0.1) is 0 Å². The van der Waals surface area contributed by atoms with E-state index < -0.39 is 0 Å². The average Bonchev–Trinajstić information content (AvgIpc) is 3.07. The first-order valence-electron chi connectivity index (χ1n) is 9.70. The van der Waals surface area contributed by atoms with Gasteiger partial charge in [0.1, 0.15) is 0 Å². The number of H-pyrrole nitrogens is 1. The van der Waals surface area contributed by atoms with Crippen LogP contribution < -0.4 is 0 Å². The van der Waals surface area contributed by atoms with E-state index in [0.29, 0.717) is 18.4 Å². The van der Waals surface area contributed by atoms with Crippen LogP contribution in [0.5, 0.6) is 0 Å². The van der Waals surface area contributed by atoms with E-state index in [1.165, 1.54) is 49.5 Å². The minimum Gasteiger partial charge on any atom is -0.361 e. The number of halogens is 1. The Morgan fingerprint density at radius 2 is 2.08 bits per heavy atom. The summed E-state index contributed by atoms with van der Waals surface area (Å²) in [6.45, 7) is 3.15. The first kappa shape index (κ1) is 17.1. The molecule has 1 N–H and O–H groups in total. The zero-order chi connectivity index (χ0) is 17.4. The number of amides is 1. The van der Waals surface area contributed by atoms with E-state index in [1.807, 2.05) is 6.07 Å². The number of likely N-dealkylation sites (tertiary alicyclic amines) is 1. The number of nitrogens with zero attached hydrogens (tertiary/aromatic N) is 1. The third kappa shape index (κ3) is 3.25. The maximum absolute atomic E-state index is 13.1. The van der Waals surface area contributed by atoms with Crippen LogP contribution in [0, 0.1) is 5.92 Å². The maximum atomic E-state index is 13.1. The summed E-state index contributed by atoms with van der Waals surface area (Å²) >= 11 is 3.67. The van der Waals surface area contributed by atoms with Crippen molar-refractivity contribution in [3.05, 3.63) is 34.4 Å². The number of carbonyl (C=O) groups is 1. The molecule has 0 bridgehead atoms. The van der Waals surface area contributed by atoms with Crippen molar-refractivity contribution in [1.29, 1.82) is 0 Å².